The molecule has 22 heavy (non-hydrogen) atoms. The van der Waals surface area contributed by atoms with Crippen LogP contribution < -0.4 is 4.90 Å². The van der Waals surface area contributed by atoms with Gasteiger partial charge in [-0.1, -0.05) is 58.1 Å². The third kappa shape index (κ3) is 3.14. The van der Waals surface area contributed by atoms with Gasteiger partial charge in [0.05, 0.1) is 10.6 Å². The van der Waals surface area contributed by atoms with Crippen molar-refractivity contribution in [3.05, 3.63) is 69.3 Å². The average Bonchev–Trinajstić information content (AvgIpc) is 2.73. The highest BCUT2D eigenvalue weighted by molar-refractivity contribution is 9.10. The summed E-state index contributed by atoms with van der Waals surface area (Å²) in [7, 11) is 0. The molecule has 3 rings (SSSR count). The van der Waals surface area contributed by atoms with Crippen LogP contribution in [0.15, 0.2) is 57.9 Å². The number of carbonyl (C=O) groups excluding carboxylic acids is 1. The number of halogens is 2. The summed E-state index contributed by atoms with van der Waals surface area (Å²) in [4.78, 5) is 14.4. The van der Waals surface area contributed by atoms with Crippen molar-refractivity contribution in [2.24, 2.45) is 0 Å². The minimum atomic E-state index is -0.400. The standard InChI is InChI=1S/C16H9BrFNOS2/c17-11-4-1-3-10(7-11)8-14-15(20)19(16(21)22-14)13-6-2-5-12(18)9-13/h1-9H/b14-8-. The molecule has 0 unspecified atom stereocenters. The lowest BCUT2D eigenvalue weighted by Crippen LogP contribution is -2.27. The summed E-state index contributed by atoms with van der Waals surface area (Å²) in [6.45, 7) is 0. The number of rotatable bonds is 2. The number of nitrogens with zero attached hydrogens (tertiary/aromatic N) is 1. The lowest BCUT2D eigenvalue weighted by molar-refractivity contribution is -0.113. The second-order valence-corrected chi connectivity index (χ2v) is 7.14. The zero-order chi connectivity index (χ0) is 15.7. The Morgan fingerprint density at radius 2 is 1.95 bits per heavy atom. The molecule has 1 saturated heterocycles. The molecule has 0 aromatic heterocycles. The molecule has 1 fully saturated rings. The highest BCUT2D eigenvalue weighted by Gasteiger charge is 2.33. The molecule has 2 aromatic carbocycles. The van der Waals surface area contributed by atoms with Gasteiger partial charge in [-0.3, -0.25) is 9.69 Å². The van der Waals surface area contributed by atoms with Crippen LogP contribution in [0.3, 0.4) is 0 Å². The Morgan fingerprint density at radius 3 is 2.68 bits per heavy atom. The second-order valence-electron chi connectivity index (χ2n) is 4.55. The molecule has 6 heteroatoms. The Bertz CT molecular complexity index is 806. The molecular weight excluding hydrogens is 385 g/mol. The molecule has 0 bridgehead atoms. The zero-order valence-electron chi connectivity index (χ0n) is 11.1. The lowest BCUT2D eigenvalue weighted by Gasteiger charge is -2.14. The van der Waals surface area contributed by atoms with E-state index >= 15 is 0 Å². The van der Waals surface area contributed by atoms with Gasteiger partial charge in [0, 0.05) is 4.47 Å². The number of thioether (sulfide) groups is 1. The van der Waals surface area contributed by atoms with Gasteiger partial charge in [0.2, 0.25) is 0 Å². The first-order chi connectivity index (χ1) is 10.5. The van der Waals surface area contributed by atoms with Crippen molar-refractivity contribution in [2.45, 2.75) is 0 Å². The molecule has 0 atom stereocenters. The van der Waals surface area contributed by atoms with E-state index in [0.29, 0.717) is 14.9 Å². The number of amides is 1. The van der Waals surface area contributed by atoms with Crippen LogP contribution >= 0.6 is 39.9 Å². The topological polar surface area (TPSA) is 20.3 Å². The maximum atomic E-state index is 13.4. The maximum absolute atomic E-state index is 13.4. The Kier molecular flexibility index (Phi) is 4.42. The van der Waals surface area contributed by atoms with Crippen molar-refractivity contribution in [1.29, 1.82) is 0 Å². The molecule has 0 spiro atoms. The molecule has 2 aromatic rings. The summed E-state index contributed by atoms with van der Waals surface area (Å²) in [5.74, 6) is -0.636. The lowest BCUT2D eigenvalue weighted by atomic mass is 10.2. The van der Waals surface area contributed by atoms with Gasteiger partial charge in [-0.25, -0.2) is 4.39 Å². The van der Waals surface area contributed by atoms with Crippen molar-refractivity contribution in [2.75, 3.05) is 4.90 Å². The van der Waals surface area contributed by atoms with Gasteiger partial charge >= 0.3 is 0 Å². The number of thiocarbonyl (C=S) groups is 1. The summed E-state index contributed by atoms with van der Waals surface area (Å²) in [6, 6.07) is 13.5. The van der Waals surface area contributed by atoms with Crippen LogP contribution in [0.4, 0.5) is 10.1 Å². The second kappa shape index (κ2) is 6.32. The van der Waals surface area contributed by atoms with Gasteiger partial charge < -0.3 is 0 Å². The van der Waals surface area contributed by atoms with E-state index in [1.54, 1.807) is 18.2 Å². The molecule has 0 saturated carbocycles. The van der Waals surface area contributed by atoms with E-state index in [1.807, 2.05) is 24.3 Å². The molecule has 1 aliphatic rings. The van der Waals surface area contributed by atoms with Gasteiger partial charge in [0.25, 0.3) is 5.91 Å². The van der Waals surface area contributed by atoms with Crippen molar-refractivity contribution in [1.82, 2.24) is 0 Å². The van der Waals surface area contributed by atoms with Crippen LogP contribution in [0.5, 0.6) is 0 Å². The van der Waals surface area contributed by atoms with E-state index < -0.39 is 5.82 Å². The molecule has 1 heterocycles. The predicted octanol–water partition coefficient (Wildman–Crippen LogP) is 4.99. The first-order valence-corrected chi connectivity index (χ1v) is 8.35. The Labute approximate surface area is 145 Å². The van der Waals surface area contributed by atoms with Crippen LogP contribution in [0, 0.1) is 5.82 Å². The number of benzene rings is 2. The Hall–Kier alpha value is -1.50. The fourth-order valence-electron chi connectivity index (χ4n) is 2.05. The summed E-state index contributed by atoms with van der Waals surface area (Å²) < 4.78 is 14.7. The fraction of sp³-hybridized carbons (Fsp3) is 0. The molecule has 0 N–H and O–H groups in total. The number of hydrogen-bond acceptors (Lipinski definition) is 3. The average molecular weight is 394 g/mol. The largest absolute Gasteiger partial charge is 0.270 e. The van der Waals surface area contributed by atoms with Gasteiger partial charge in [-0.2, -0.15) is 0 Å². The Balaban J connectivity index is 1.95. The quantitative estimate of drug-likeness (QED) is 0.529. The Morgan fingerprint density at radius 1 is 1.18 bits per heavy atom. The van der Waals surface area contributed by atoms with Crippen molar-refractivity contribution in [3.8, 4) is 0 Å². The van der Waals surface area contributed by atoms with Crippen molar-refractivity contribution in [3.63, 3.8) is 0 Å². The minimum absolute atomic E-state index is 0.236. The highest BCUT2D eigenvalue weighted by atomic mass is 79.9. The molecule has 110 valence electrons. The van der Waals surface area contributed by atoms with E-state index in [1.165, 1.54) is 28.8 Å². The van der Waals surface area contributed by atoms with Crippen molar-refractivity contribution < 1.29 is 9.18 Å². The SMILES string of the molecule is O=C1/C(=C/c2cccc(Br)c2)SC(=S)N1c1cccc(F)c1. The minimum Gasteiger partial charge on any atom is -0.268 e. The van der Waals surface area contributed by atoms with Gasteiger partial charge in [0.1, 0.15) is 5.82 Å². The van der Waals surface area contributed by atoms with E-state index in [4.69, 9.17) is 12.2 Å². The van der Waals surface area contributed by atoms with Crippen LogP contribution in [-0.2, 0) is 4.79 Å². The number of anilines is 1. The monoisotopic (exact) mass is 393 g/mol. The summed E-state index contributed by atoms with van der Waals surface area (Å²) in [6.07, 6.45) is 1.78. The van der Waals surface area contributed by atoms with Crippen LogP contribution in [0.25, 0.3) is 6.08 Å². The van der Waals surface area contributed by atoms with Gasteiger partial charge in [-0.15, -0.1) is 0 Å². The van der Waals surface area contributed by atoms with Gasteiger partial charge in [-0.05, 0) is 42.0 Å². The van der Waals surface area contributed by atoms with E-state index in [9.17, 15) is 9.18 Å². The van der Waals surface area contributed by atoms with Crippen molar-refractivity contribution >= 4 is 61.9 Å². The number of hydrogen-bond donors (Lipinski definition) is 0. The van der Waals surface area contributed by atoms with Gasteiger partial charge in [0.15, 0.2) is 4.32 Å². The first-order valence-electron chi connectivity index (χ1n) is 6.34. The molecule has 1 aliphatic heterocycles. The maximum Gasteiger partial charge on any atom is 0.270 e. The van der Waals surface area contributed by atoms with E-state index in [0.717, 1.165) is 10.0 Å². The molecule has 0 aliphatic carbocycles. The predicted molar refractivity (Wildman–Crippen MR) is 96.2 cm³/mol. The molecule has 2 nitrogen and oxygen atoms in total. The molecule has 1 amide bonds. The van der Waals surface area contributed by atoms with Crippen LogP contribution in [0.1, 0.15) is 5.56 Å². The zero-order valence-corrected chi connectivity index (χ0v) is 14.3. The van der Waals surface area contributed by atoms with E-state index in [-0.39, 0.29) is 5.91 Å². The smallest absolute Gasteiger partial charge is 0.268 e. The summed E-state index contributed by atoms with van der Waals surface area (Å²) >= 11 is 9.87. The fourth-order valence-corrected chi connectivity index (χ4v) is 3.77. The van der Waals surface area contributed by atoms with Crippen LogP contribution in [0.2, 0.25) is 0 Å². The summed E-state index contributed by atoms with van der Waals surface area (Å²) in [5, 5.41) is 0. The first kappa shape index (κ1) is 15.4. The normalized spacial score (nSPS) is 16.6. The highest BCUT2D eigenvalue weighted by Crippen LogP contribution is 2.36. The van der Waals surface area contributed by atoms with E-state index in [2.05, 4.69) is 15.9 Å². The van der Waals surface area contributed by atoms with Crippen LogP contribution in [-0.4, -0.2) is 10.2 Å². The third-order valence-corrected chi connectivity index (χ3v) is 4.80. The molecular formula is C16H9BrFNOS2. The summed E-state index contributed by atoms with van der Waals surface area (Å²) in [5.41, 5.74) is 1.34. The number of carbonyl (C=O) groups is 1. The molecule has 0 radical (unpaired) electrons. The third-order valence-electron chi connectivity index (χ3n) is 3.01.